The van der Waals surface area contributed by atoms with Crippen molar-refractivity contribution in [2.24, 2.45) is 0 Å². The second kappa shape index (κ2) is 6.92. The van der Waals surface area contributed by atoms with E-state index in [1.807, 2.05) is 13.0 Å². The van der Waals surface area contributed by atoms with E-state index in [0.717, 1.165) is 30.7 Å². The molecule has 1 aromatic rings. The number of rotatable bonds is 6. The Hall–Kier alpha value is -0.670. The minimum atomic E-state index is 0.732. The first kappa shape index (κ1) is 12.8. The first-order valence-electron chi connectivity index (χ1n) is 6.42. The molecule has 0 aliphatic carbocycles. The van der Waals surface area contributed by atoms with Crippen LogP contribution < -0.4 is 10.1 Å². The third kappa shape index (κ3) is 4.25. The highest BCUT2D eigenvalue weighted by Gasteiger charge is 2.14. The quantitative estimate of drug-likeness (QED) is 0.839. The predicted molar refractivity (Wildman–Crippen MR) is 74.8 cm³/mol. The summed E-state index contributed by atoms with van der Waals surface area (Å²) in [6, 6.07) is 8.35. The van der Waals surface area contributed by atoms with E-state index >= 15 is 0 Å². The fourth-order valence-corrected chi connectivity index (χ4v) is 3.33. The van der Waals surface area contributed by atoms with E-state index in [1.54, 1.807) is 0 Å². The lowest BCUT2D eigenvalue weighted by molar-refractivity contribution is 0.340. The van der Waals surface area contributed by atoms with E-state index in [0.29, 0.717) is 0 Å². The molecule has 94 valence electrons. The van der Waals surface area contributed by atoms with Crippen LogP contribution >= 0.6 is 11.8 Å². The molecule has 0 saturated carbocycles. The Balaban J connectivity index is 1.75. The third-order valence-corrected chi connectivity index (χ3v) is 4.33. The third-order valence-electron chi connectivity index (χ3n) is 2.93. The van der Waals surface area contributed by atoms with Gasteiger partial charge in [0.2, 0.25) is 0 Å². The topological polar surface area (TPSA) is 21.3 Å². The lowest BCUT2D eigenvalue weighted by Crippen LogP contribution is -2.22. The maximum atomic E-state index is 5.49. The van der Waals surface area contributed by atoms with Crippen molar-refractivity contribution < 1.29 is 4.74 Å². The van der Waals surface area contributed by atoms with E-state index < -0.39 is 0 Å². The van der Waals surface area contributed by atoms with E-state index in [4.69, 9.17) is 4.74 Å². The van der Waals surface area contributed by atoms with Gasteiger partial charge in [0, 0.05) is 18.3 Å². The molecule has 0 radical (unpaired) electrons. The van der Waals surface area contributed by atoms with Crippen LogP contribution in [0.3, 0.4) is 0 Å². The molecule has 1 atom stereocenters. The normalized spacial score (nSPS) is 19.5. The Kier molecular flexibility index (Phi) is 5.20. The highest BCUT2D eigenvalue weighted by atomic mass is 32.2. The van der Waals surface area contributed by atoms with E-state index in [9.17, 15) is 0 Å². The SMILES string of the molecule is CCOc1cccc(CNCC2CCCS2)c1. The minimum Gasteiger partial charge on any atom is -0.494 e. The van der Waals surface area contributed by atoms with Crippen LogP contribution in [0.2, 0.25) is 0 Å². The minimum absolute atomic E-state index is 0.732. The fourth-order valence-electron chi connectivity index (χ4n) is 2.09. The number of hydrogen-bond donors (Lipinski definition) is 1. The van der Waals surface area contributed by atoms with Crippen LogP contribution in [0.4, 0.5) is 0 Å². The van der Waals surface area contributed by atoms with Gasteiger partial charge in [-0.2, -0.15) is 11.8 Å². The summed E-state index contributed by atoms with van der Waals surface area (Å²) in [5.41, 5.74) is 1.30. The standard InChI is InChI=1S/C14H21NOS/c1-2-16-13-6-3-5-12(9-13)10-15-11-14-7-4-8-17-14/h3,5-6,9,14-15H,2,4,7-8,10-11H2,1H3. The van der Waals surface area contributed by atoms with Crippen molar-refractivity contribution in [1.82, 2.24) is 5.32 Å². The zero-order chi connectivity index (χ0) is 11.9. The van der Waals surface area contributed by atoms with Crippen LogP contribution in [0, 0.1) is 0 Å². The van der Waals surface area contributed by atoms with Crippen LogP contribution in [0.1, 0.15) is 25.3 Å². The zero-order valence-corrected chi connectivity index (χ0v) is 11.3. The molecule has 1 saturated heterocycles. The van der Waals surface area contributed by atoms with Gasteiger partial charge in [0.1, 0.15) is 5.75 Å². The van der Waals surface area contributed by atoms with Gasteiger partial charge in [-0.3, -0.25) is 0 Å². The van der Waals surface area contributed by atoms with E-state index in [2.05, 4.69) is 35.3 Å². The maximum Gasteiger partial charge on any atom is 0.119 e. The first-order valence-corrected chi connectivity index (χ1v) is 7.47. The van der Waals surface area contributed by atoms with Gasteiger partial charge in [-0.25, -0.2) is 0 Å². The van der Waals surface area contributed by atoms with Crippen LogP contribution in [-0.4, -0.2) is 24.2 Å². The number of ether oxygens (including phenoxy) is 1. The Morgan fingerprint density at radius 1 is 1.47 bits per heavy atom. The molecule has 2 nitrogen and oxygen atoms in total. The van der Waals surface area contributed by atoms with E-state index in [1.165, 1.54) is 24.2 Å². The smallest absolute Gasteiger partial charge is 0.119 e. The van der Waals surface area contributed by atoms with Crippen LogP contribution in [-0.2, 0) is 6.54 Å². The average molecular weight is 251 g/mol. The van der Waals surface area contributed by atoms with Crippen molar-refractivity contribution in [2.45, 2.75) is 31.6 Å². The molecule has 17 heavy (non-hydrogen) atoms. The van der Waals surface area contributed by atoms with Gasteiger partial charge in [0.05, 0.1) is 6.61 Å². The number of thioether (sulfide) groups is 1. The second-order valence-electron chi connectivity index (χ2n) is 4.35. The molecule has 0 amide bonds. The summed E-state index contributed by atoms with van der Waals surface area (Å²) in [5, 5.41) is 4.36. The summed E-state index contributed by atoms with van der Waals surface area (Å²) >= 11 is 2.10. The van der Waals surface area contributed by atoms with Gasteiger partial charge < -0.3 is 10.1 Å². The average Bonchev–Trinajstić information content (AvgIpc) is 2.83. The van der Waals surface area contributed by atoms with Gasteiger partial charge in [0.15, 0.2) is 0 Å². The fraction of sp³-hybridized carbons (Fsp3) is 0.571. The van der Waals surface area contributed by atoms with Crippen molar-refractivity contribution in [1.29, 1.82) is 0 Å². The van der Waals surface area contributed by atoms with Crippen molar-refractivity contribution >= 4 is 11.8 Å². The van der Waals surface area contributed by atoms with Crippen molar-refractivity contribution in [3.05, 3.63) is 29.8 Å². The summed E-state index contributed by atoms with van der Waals surface area (Å²) in [6.45, 7) is 4.82. The highest BCUT2D eigenvalue weighted by molar-refractivity contribution is 8.00. The van der Waals surface area contributed by atoms with Crippen LogP contribution in [0.15, 0.2) is 24.3 Å². The number of nitrogens with one attached hydrogen (secondary N) is 1. The summed E-state index contributed by atoms with van der Waals surface area (Å²) < 4.78 is 5.49. The molecule has 1 aliphatic heterocycles. The van der Waals surface area contributed by atoms with Crippen molar-refractivity contribution in [2.75, 3.05) is 18.9 Å². The monoisotopic (exact) mass is 251 g/mol. The molecular formula is C14H21NOS. The van der Waals surface area contributed by atoms with Crippen LogP contribution in [0.5, 0.6) is 5.75 Å². The molecule has 1 aliphatic rings. The van der Waals surface area contributed by atoms with Gasteiger partial charge in [-0.1, -0.05) is 12.1 Å². The molecule has 0 spiro atoms. The number of hydrogen-bond acceptors (Lipinski definition) is 3. The summed E-state index contributed by atoms with van der Waals surface area (Å²) in [5.74, 6) is 2.31. The summed E-state index contributed by atoms with van der Waals surface area (Å²) in [6.07, 6.45) is 2.76. The Morgan fingerprint density at radius 2 is 2.41 bits per heavy atom. The maximum absolute atomic E-state index is 5.49. The largest absolute Gasteiger partial charge is 0.494 e. The summed E-state index contributed by atoms with van der Waals surface area (Å²) in [4.78, 5) is 0. The summed E-state index contributed by atoms with van der Waals surface area (Å²) in [7, 11) is 0. The molecular weight excluding hydrogens is 230 g/mol. The molecule has 0 bridgehead atoms. The van der Waals surface area contributed by atoms with Crippen LogP contribution in [0.25, 0.3) is 0 Å². The second-order valence-corrected chi connectivity index (χ2v) is 5.75. The molecule has 3 heteroatoms. The molecule has 1 aromatic carbocycles. The molecule has 2 rings (SSSR count). The molecule has 1 unspecified atom stereocenters. The van der Waals surface area contributed by atoms with Crippen molar-refractivity contribution in [3.8, 4) is 5.75 Å². The van der Waals surface area contributed by atoms with E-state index in [-0.39, 0.29) is 0 Å². The van der Waals surface area contributed by atoms with Gasteiger partial charge in [-0.15, -0.1) is 0 Å². The van der Waals surface area contributed by atoms with Gasteiger partial charge in [-0.05, 0) is 43.2 Å². The zero-order valence-electron chi connectivity index (χ0n) is 10.4. The molecule has 1 heterocycles. The number of benzene rings is 1. The Labute approximate surface area is 108 Å². The van der Waals surface area contributed by atoms with Gasteiger partial charge >= 0.3 is 0 Å². The van der Waals surface area contributed by atoms with Crippen molar-refractivity contribution in [3.63, 3.8) is 0 Å². The Bertz CT molecular complexity index is 337. The molecule has 0 aromatic heterocycles. The molecule has 1 N–H and O–H groups in total. The molecule has 1 fully saturated rings. The lowest BCUT2D eigenvalue weighted by Gasteiger charge is -2.11. The lowest BCUT2D eigenvalue weighted by atomic mass is 10.2. The highest BCUT2D eigenvalue weighted by Crippen LogP contribution is 2.25. The van der Waals surface area contributed by atoms with Gasteiger partial charge in [0.25, 0.3) is 0 Å². The first-order chi connectivity index (χ1) is 8.38. The Morgan fingerprint density at radius 3 is 3.18 bits per heavy atom. The predicted octanol–water partition coefficient (Wildman–Crippen LogP) is 3.07.